The smallest absolute Gasteiger partial charge is 0.225 e. The number of halogens is 2. The van der Waals surface area contributed by atoms with Gasteiger partial charge in [-0.3, -0.25) is 4.79 Å². The highest BCUT2D eigenvalue weighted by atomic mass is 35.5. The third kappa shape index (κ3) is 4.40. The minimum absolute atomic E-state index is 0.136. The number of carbonyl (C=O) groups is 1. The number of carbonyl (C=O) groups excluding carboxylic acids is 1. The highest BCUT2D eigenvalue weighted by Gasteiger charge is 2.16. The maximum absolute atomic E-state index is 12.3. The lowest BCUT2D eigenvalue weighted by Gasteiger charge is -2.18. The maximum Gasteiger partial charge on any atom is 0.225 e. The lowest BCUT2D eigenvalue weighted by atomic mass is 10.0. The summed E-state index contributed by atoms with van der Waals surface area (Å²) in [6.07, 6.45) is 0.136. The van der Waals surface area contributed by atoms with E-state index in [1.807, 2.05) is 32.0 Å². The van der Waals surface area contributed by atoms with Crippen molar-refractivity contribution in [2.75, 3.05) is 7.11 Å². The second-order valence-electron chi connectivity index (χ2n) is 5.41. The molecule has 0 spiro atoms. The van der Waals surface area contributed by atoms with Crippen molar-refractivity contribution in [1.29, 1.82) is 0 Å². The van der Waals surface area contributed by atoms with Crippen LogP contribution in [0.4, 0.5) is 0 Å². The highest BCUT2D eigenvalue weighted by Crippen LogP contribution is 2.27. The molecule has 0 heterocycles. The second-order valence-corrected chi connectivity index (χ2v) is 6.23. The van der Waals surface area contributed by atoms with Gasteiger partial charge in [0.2, 0.25) is 5.91 Å². The highest BCUT2D eigenvalue weighted by molar-refractivity contribution is 6.36. The molecule has 0 aliphatic heterocycles. The van der Waals surface area contributed by atoms with Gasteiger partial charge in [-0.25, -0.2) is 0 Å². The van der Waals surface area contributed by atoms with Crippen LogP contribution in [0.5, 0.6) is 5.75 Å². The molecule has 0 radical (unpaired) electrons. The first kappa shape index (κ1) is 17.6. The van der Waals surface area contributed by atoms with Crippen molar-refractivity contribution in [1.82, 2.24) is 5.32 Å². The first-order valence-corrected chi connectivity index (χ1v) is 8.04. The normalized spacial score (nSPS) is 11.9. The molecule has 1 amide bonds. The van der Waals surface area contributed by atoms with Crippen LogP contribution in [0.15, 0.2) is 36.4 Å². The predicted molar refractivity (Wildman–Crippen MR) is 94.5 cm³/mol. The molecule has 0 saturated carbocycles. The van der Waals surface area contributed by atoms with Gasteiger partial charge in [-0.1, -0.05) is 47.0 Å². The largest absolute Gasteiger partial charge is 0.496 e. The summed E-state index contributed by atoms with van der Waals surface area (Å²) in [5.74, 6) is 0.607. The summed E-state index contributed by atoms with van der Waals surface area (Å²) >= 11 is 12.2. The standard InChI is InChI=1S/C18H19Cl2NO2/c1-11-7-8-17(23-3)13(9-11)12(2)21-18(22)10-14-15(19)5-4-6-16(14)20/h4-9,12H,10H2,1-3H3,(H,21,22). The Bertz CT molecular complexity index is 696. The third-order valence-corrected chi connectivity index (χ3v) is 4.34. The molecular formula is C18H19Cl2NO2. The Morgan fingerprint density at radius 1 is 1.22 bits per heavy atom. The van der Waals surface area contributed by atoms with Crippen molar-refractivity contribution >= 4 is 29.1 Å². The van der Waals surface area contributed by atoms with E-state index in [1.54, 1.807) is 25.3 Å². The Labute approximate surface area is 146 Å². The van der Waals surface area contributed by atoms with Crippen LogP contribution in [-0.2, 0) is 11.2 Å². The molecule has 0 saturated heterocycles. The molecule has 0 aliphatic carbocycles. The van der Waals surface area contributed by atoms with Gasteiger partial charge in [0.25, 0.3) is 0 Å². The molecule has 1 N–H and O–H groups in total. The van der Waals surface area contributed by atoms with Crippen molar-refractivity contribution in [2.45, 2.75) is 26.3 Å². The molecule has 0 fully saturated rings. The number of methoxy groups -OCH3 is 1. The van der Waals surface area contributed by atoms with Crippen LogP contribution in [0.1, 0.15) is 29.7 Å². The van der Waals surface area contributed by atoms with Crippen molar-refractivity contribution < 1.29 is 9.53 Å². The second kappa shape index (κ2) is 7.71. The zero-order valence-electron chi connectivity index (χ0n) is 13.3. The zero-order valence-corrected chi connectivity index (χ0v) is 14.8. The minimum Gasteiger partial charge on any atom is -0.496 e. The van der Waals surface area contributed by atoms with Crippen molar-refractivity contribution in [3.05, 3.63) is 63.1 Å². The fourth-order valence-electron chi connectivity index (χ4n) is 2.42. The zero-order chi connectivity index (χ0) is 17.0. The number of nitrogens with one attached hydrogen (secondary N) is 1. The summed E-state index contributed by atoms with van der Waals surface area (Å²) in [5, 5.41) is 3.95. The van der Waals surface area contributed by atoms with Gasteiger partial charge in [-0.15, -0.1) is 0 Å². The molecule has 2 rings (SSSR count). The summed E-state index contributed by atoms with van der Waals surface area (Å²) in [4.78, 5) is 12.3. The topological polar surface area (TPSA) is 38.3 Å². The quantitative estimate of drug-likeness (QED) is 0.845. The molecule has 1 unspecified atom stereocenters. The minimum atomic E-state index is -0.182. The number of hydrogen-bond acceptors (Lipinski definition) is 2. The number of hydrogen-bond donors (Lipinski definition) is 1. The average Bonchev–Trinajstić information content (AvgIpc) is 2.51. The van der Waals surface area contributed by atoms with Crippen molar-refractivity contribution in [2.24, 2.45) is 0 Å². The Morgan fingerprint density at radius 2 is 1.87 bits per heavy atom. The number of rotatable bonds is 5. The van der Waals surface area contributed by atoms with Crippen molar-refractivity contribution in [3.63, 3.8) is 0 Å². The monoisotopic (exact) mass is 351 g/mol. The van der Waals surface area contributed by atoms with E-state index in [9.17, 15) is 4.79 Å². The molecule has 5 heteroatoms. The van der Waals surface area contributed by atoms with E-state index in [4.69, 9.17) is 27.9 Å². The van der Waals surface area contributed by atoms with Gasteiger partial charge < -0.3 is 10.1 Å². The van der Waals surface area contributed by atoms with Crippen LogP contribution in [0.25, 0.3) is 0 Å². The van der Waals surface area contributed by atoms with E-state index in [1.165, 1.54) is 0 Å². The van der Waals surface area contributed by atoms with E-state index in [0.717, 1.165) is 16.9 Å². The van der Waals surface area contributed by atoms with Crippen LogP contribution in [0, 0.1) is 6.92 Å². The summed E-state index contributed by atoms with van der Waals surface area (Å²) in [7, 11) is 1.62. The van der Waals surface area contributed by atoms with Gasteiger partial charge in [0.1, 0.15) is 5.75 Å². The fraction of sp³-hybridized carbons (Fsp3) is 0.278. The van der Waals surface area contributed by atoms with Gasteiger partial charge >= 0.3 is 0 Å². The SMILES string of the molecule is COc1ccc(C)cc1C(C)NC(=O)Cc1c(Cl)cccc1Cl. The van der Waals surface area contributed by atoms with Crippen LogP contribution in [0.3, 0.4) is 0 Å². The van der Waals surface area contributed by atoms with E-state index < -0.39 is 0 Å². The molecule has 2 aromatic carbocycles. The molecule has 1 atom stereocenters. The summed E-state index contributed by atoms with van der Waals surface area (Å²) in [6.45, 7) is 3.92. The molecule has 2 aromatic rings. The van der Waals surface area contributed by atoms with E-state index in [-0.39, 0.29) is 18.4 Å². The van der Waals surface area contributed by atoms with Gasteiger partial charge in [0, 0.05) is 15.6 Å². The number of amides is 1. The molecule has 23 heavy (non-hydrogen) atoms. The molecule has 122 valence electrons. The van der Waals surface area contributed by atoms with Gasteiger partial charge in [0.05, 0.1) is 19.6 Å². The first-order chi connectivity index (χ1) is 10.9. The van der Waals surface area contributed by atoms with Crippen molar-refractivity contribution in [3.8, 4) is 5.75 Å². The van der Waals surface area contributed by atoms with Crippen LogP contribution >= 0.6 is 23.2 Å². The predicted octanol–water partition coefficient (Wildman–Crippen LogP) is 4.73. The Balaban J connectivity index is 2.13. The first-order valence-electron chi connectivity index (χ1n) is 7.29. The van der Waals surface area contributed by atoms with E-state index >= 15 is 0 Å². The molecule has 0 aromatic heterocycles. The van der Waals surface area contributed by atoms with Gasteiger partial charge in [-0.2, -0.15) is 0 Å². The third-order valence-electron chi connectivity index (χ3n) is 3.63. The Hall–Kier alpha value is -1.71. The molecular weight excluding hydrogens is 333 g/mol. The van der Waals surface area contributed by atoms with Crippen LogP contribution < -0.4 is 10.1 Å². The van der Waals surface area contributed by atoms with E-state index in [0.29, 0.717) is 15.6 Å². The average molecular weight is 352 g/mol. The summed E-state index contributed by atoms with van der Waals surface area (Å²) in [6, 6.07) is 10.9. The molecule has 0 bridgehead atoms. The lowest BCUT2D eigenvalue weighted by Crippen LogP contribution is -2.28. The van der Waals surface area contributed by atoms with Crippen LogP contribution in [0.2, 0.25) is 10.0 Å². The van der Waals surface area contributed by atoms with E-state index in [2.05, 4.69) is 5.32 Å². The Morgan fingerprint density at radius 3 is 2.48 bits per heavy atom. The fourth-order valence-corrected chi connectivity index (χ4v) is 2.96. The maximum atomic E-state index is 12.3. The molecule has 3 nitrogen and oxygen atoms in total. The summed E-state index contributed by atoms with van der Waals surface area (Å²) < 4.78 is 5.37. The summed E-state index contributed by atoms with van der Waals surface area (Å²) in [5.41, 5.74) is 2.68. The molecule has 0 aliphatic rings. The number of ether oxygens (including phenoxy) is 1. The van der Waals surface area contributed by atoms with Gasteiger partial charge in [-0.05, 0) is 37.6 Å². The van der Waals surface area contributed by atoms with Gasteiger partial charge in [0.15, 0.2) is 0 Å². The lowest BCUT2D eigenvalue weighted by molar-refractivity contribution is -0.121. The Kier molecular flexibility index (Phi) is 5.91. The number of aryl methyl sites for hydroxylation is 1. The number of benzene rings is 2. The van der Waals surface area contributed by atoms with Crippen LogP contribution in [-0.4, -0.2) is 13.0 Å².